The van der Waals surface area contributed by atoms with Gasteiger partial charge in [0, 0.05) is 15.5 Å². The maximum atomic E-state index is 12.9. The van der Waals surface area contributed by atoms with Gasteiger partial charge in [0.05, 0.1) is 10.6 Å². The summed E-state index contributed by atoms with van der Waals surface area (Å²) in [6.45, 7) is 3.54. The molecule has 1 aliphatic rings. The minimum absolute atomic E-state index is 0.0650. The Kier molecular flexibility index (Phi) is 4.69. The van der Waals surface area contributed by atoms with Crippen LogP contribution in [-0.2, 0) is 9.53 Å². The van der Waals surface area contributed by atoms with Crippen molar-refractivity contribution >= 4 is 52.1 Å². The van der Waals surface area contributed by atoms with Gasteiger partial charge in [0.1, 0.15) is 5.76 Å². The Bertz CT molecular complexity index is 856. The lowest BCUT2D eigenvalue weighted by Crippen LogP contribution is -2.29. The molecule has 0 radical (unpaired) electrons. The van der Waals surface area contributed by atoms with Crippen LogP contribution in [0.15, 0.2) is 47.4 Å². The predicted molar refractivity (Wildman–Crippen MR) is 102 cm³/mol. The minimum Gasteiger partial charge on any atom is -0.478 e. The molecular weight excluding hydrogens is 363 g/mol. The third-order valence-electron chi connectivity index (χ3n) is 3.89. The number of Topliss-reactive ketones (excluding diaryl/α,β-unsaturated/α-hetero) is 1. The van der Waals surface area contributed by atoms with E-state index in [1.165, 1.54) is 0 Å². The highest BCUT2D eigenvalue weighted by atomic mass is 35.5. The SMILES string of the molecule is CSc1ccc(C2=C(c3cccc(Cl)c3)C(=O)C(C)(C)O2)cc1Cl. The third-order valence-corrected chi connectivity index (χ3v) is 5.34. The van der Waals surface area contributed by atoms with Crippen LogP contribution in [0.2, 0.25) is 10.0 Å². The van der Waals surface area contributed by atoms with Gasteiger partial charge in [0.15, 0.2) is 5.60 Å². The van der Waals surface area contributed by atoms with Gasteiger partial charge in [-0.3, -0.25) is 4.79 Å². The van der Waals surface area contributed by atoms with E-state index in [0.29, 0.717) is 21.4 Å². The summed E-state index contributed by atoms with van der Waals surface area (Å²) >= 11 is 14.0. The zero-order valence-electron chi connectivity index (χ0n) is 13.5. The largest absolute Gasteiger partial charge is 0.478 e. The standard InChI is InChI=1S/C19H16Cl2O2S/c1-19(2)18(22)16(11-5-4-6-13(20)9-11)17(23-19)12-7-8-15(24-3)14(21)10-12/h4-10H,1-3H3. The Labute approximate surface area is 155 Å². The van der Waals surface area contributed by atoms with Crippen molar-refractivity contribution in [2.75, 3.05) is 6.26 Å². The summed E-state index contributed by atoms with van der Waals surface area (Å²) in [5.41, 5.74) is 1.15. The van der Waals surface area contributed by atoms with Gasteiger partial charge in [0.2, 0.25) is 5.78 Å². The van der Waals surface area contributed by atoms with Gasteiger partial charge in [-0.05, 0) is 49.9 Å². The topological polar surface area (TPSA) is 26.3 Å². The third kappa shape index (κ3) is 3.08. The number of benzene rings is 2. The van der Waals surface area contributed by atoms with Crippen LogP contribution >= 0.6 is 35.0 Å². The summed E-state index contributed by atoms with van der Waals surface area (Å²) in [6, 6.07) is 12.9. The lowest BCUT2D eigenvalue weighted by Gasteiger charge is -2.18. The van der Waals surface area contributed by atoms with Crippen LogP contribution in [-0.4, -0.2) is 17.6 Å². The zero-order valence-corrected chi connectivity index (χ0v) is 15.9. The molecule has 24 heavy (non-hydrogen) atoms. The molecule has 0 amide bonds. The Balaban J connectivity index is 2.20. The second-order valence-corrected chi connectivity index (χ2v) is 7.70. The number of hydrogen-bond acceptors (Lipinski definition) is 3. The van der Waals surface area contributed by atoms with Gasteiger partial charge in [-0.15, -0.1) is 11.8 Å². The second-order valence-electron chi connectivity index (χ2n) is 6.01. The van der Waals surface area contributed by atoms with Gasteiger partial charge < -0.3 is 4.74 Å². The summed E-state index contributed by atoms with van der Waals surface area (Å²) in [6.07, 6.45) is 1.97. The maximum Gasteiger partial charge on any atom is 0.210 e. The number of hydrogen-bond donors (Lipinski definition) is 0. The first-order chi connectivity index (χ1) is 11.3. The lowest BCUT2D eigenvalue weighted by atomic mass is 9.93. The van der Waals surface area contributed by atoms with Gasteiger partial charge in [-0.25, -0.2) is 0 Å². The van der Waals surface area contributed by atoms with E-state index in [4.69, 9.17) is 27.9 Å². The van der Waals surface area contributed by atoms with E-state index in [1.54, 1.807) is 37.7 Å². The van der Waals surface area contributed by atoms with Crippen LogP contribution in [0.5, 0.6) is 0 Å². The molecule has 2 aromatic rings. The second kappa shape index (κ2) is 6.47. The van der Waals surface area contributed by atoms with Gasteiger partial charge in [-0.1, -0.05) is 41.4 Å². The molecule has 124 valence electrons. The summed E-state index contributed by atoms with van der Waals surface area (Å²) < 4.78 is 6.00. The lowest BCUT2D eigenvalue weighted by molar-refractivity contribution is -0.125. The molecule has 0 saturated carbocycles. The molecule has 0 spiro atoms. The van der Waals surface area contributed by atoms with Crippen LogP contribution in [0.1, 0.15) is 25.0 Å². The molecule has 0 bridgehead atoms. The molecule has 0 saturated heterocycles. The van der Waals surface area contributed by atoms with E-state index in [9.17, 15) is 4.79 Å². The molecule has 0 atom stereocenters. The molecule has 3 rings (SSSR count). The van der Waals surface area contributed by atoms with Gasteiger partial charge in [0.25, 0.3) is 0 Å². The maximum absolute atomic E-state index is 12.9. The van der Waals surface area contributed by atoms with Crippen molar-refractivity contribution in [1.82, 2.24) is 0 Å². The molecule has 2 nitrogen and oxygen atoms in total. The molecule has 0 aliphatic carbocycles. The fourth-order valence-electron chi connectivity index (χ4n) is 2.67. The Morgan fingerprint density at radius 2 is 1.79 bits per heavy atom. The highest BCUT2D eigenvalue weighted by Gasteiger charge is 2.42. The van der Waals surface area contributed by atoms with Crippen molar-refractivity contribution in [3.8, 4) is 0 Å². The molecule has 2 aromatic carbocycles. The highest BCUT2D eigenvalue weighted by Crippen LogP contribution is 2.42. The van der Waals surface area contributed by atoms with Crippen LogP contribution in [0, 0.1) is 0 Å². The van der Waals surface area contributed by atoms with Crippen LogP contribution in [0.4, 0.5) is 0 Å². The van der Waals surface area contributed by atoms with Crippen LogP contribution in [0.25, 0.3) is 11.3 Å². The first-order valence-corrected chi connectivity index (χ1v) is 9.39. The van der Waals surface area contributed by atoms with Crippen molar-refractivity contribution in [3.05, 3.63) is 63.6 Å². The summed E-state index contributed by atoms with van der Waals surface area (Å²) in [7, 11) is 0. The number of ether oxygens (including phenoxy) is 1. The fourth-order valence-corrected chi connectivity index (χ4v) is 3.73. The monoisotopic (exact) mass is 378 g/mol. The van der Waals surface area contributed by atoms with Crippen molar-refractivity contribution in [3.63, 3.8) is 0 Å². The van der Waals surface area contributed by atoms with Gasteiger partial charge in [-0.2, -0.15) is 0 Å². The van der Waals surface area contributed by atoms with E-state index in [-0.39, 0.29) is 5.78 Å². The summed E-state index contributed by atoms with van der Waals surface area (Å²) in [5, 5.41) is 1.21. The predicted octanol–water partition coefficient (Wildman–Crippen LogP) is 5.96. The molecule has 0 unspecified atom stereocenters. The number of ketones is 1. The zero-order chi connectivity index (χ0) is 17.5. The number of carbonyl (C=O) groups is 1. The van der Waals surface area contributed by atoms with E-state index in [2.05, 4.69) is 0 Å². The smallest absolute Gasteiger partial charge is 0.210 e. The van der Waals surface area contributed by atoms with Crippen molar-refractivity contribution < 1.29 is 9.53 Å². The average Bonchev–Trinajstić information content (AvgIpc) is 2.77. The Morgan fingerprint density at radius 1 is 1.04 bits per heavy atom. The molecule has 1 heterocycles. The molecule has 0 aromatic heterocycles. The first kappa shape index (κ1) is 17.4. The highest BCUT2D eigenvalue weighted by molar-refractivity contribution is 7.98. The number of halogens is 2. The van der Waals surface area contributed by atoms with E-state index in [0.717, 1.165) is 16.0 Å². The molecule has 0 fully saturated rings. The van der Waals surface area contributed by atoms with E-state index in [1.807, 2.05) is 36.6 Å². The Hall–Kier alpha value is -1.42. The first-order valence-electron chi connectivity index (χ1n) is 7.41. The summed E-state index contributed by atoms with van der Waals surface area (Å²) in [5.74, 6) is 0.478. The molecule has 1 aliphatic heterocycles. The molecule has 5 heteroatoms. The normalized spacial score (nSPS) is 16.5. The fraction of sp³-hybridized carbons (Fsp3) is 0.211. The van der Waals surface area contributed by atoms with Crippen molar-refractivity contribution in [2.45, 2.75) is 24.3 Å². The van der Waals surface area contributed by atoms with Crippen molar-refractivity contribution in [1.29, 1.82) is 0 Å². The van der Waals surface area contributed by atoms with Crippen molar-refractivity contribution in [2.24, 2.45) is 0 Å². The van der Waals surface area contributed by atoms with E-state index < -0.39 is 5.60 Å². The number of carbonyl (C=O) groups excluding carboxylic acids is 1. The summed E-state index contributed by atoms with van der Waals surface area (Å²) in [4.78, 5) is 13.8. The van der Waals surface area contributed by atoms with E-state index >= 15 is 0 Å². The number of thioether (sulfide) groups is 1. The molecular formula is C19H16Cl2O2S. The van der Waals surface area contributed by atoms with Gasteiger partial charge >= 0.3 is 0 Å². The minimum atomic E-state index is -0.919. The molecule has 0 N–H and O–H groups in total. The average molecular weight is 379 g/mol. The Morgan fingerprint density at radius 3 is 2.42 bits per heavy atom. The number of rotatable bonds is 3. The van der Waals surface area contributed by atoms with Crippen LogP contribution in [0.3, 0.4) is 0 Å². The quantitative estimate of drug-likeness (QED) is 0.616. The van der Waals surface area contributed by atoms with Crippen LogP contribution < -0.4 is 0 Å².